The zero-order valence-electron chi connectivity index (χ0n) is 10.0. The smallest absolute Gasteiger partial charge is 0.326 e. The predicted molar refractivity (Wildman–Crippen MR) is 67.3 cm³/mol. The number of rotatable bonds is 5. The first kappa shape index (κ1) is 15.0. The van der Waals surface area contributed by atoms with Gasteiger partial charge in [0, 0.05) is 0 Å². The summed E-state index contributed by atoms with van der Waals surface area (Å²) in [6.07, 6.45) is -0.704. The molecule has 1 aromatic rings. The molecule has 7 heteroatoms. The van der Waals surface area contributed by atoms with Gasteiger partial charge in [-0.05, 0) is 24.6 Å². The number of carbonyl (C=O) groups excluding carboxylic acids is 1. The van der Waals surface area contributed by atoms with Crippen molar-refractivity contribution in [3.63, 3.8) is 0 Å². The average molecular weight is 286 g/mol. The van der Waals surface area contributed by atoms with E-state index in [1.807, 2.05) is 0 Å². The summed E-state index contributed by atoms with van der Waals surface area (Å²) in [6, 6.07) is 3.16. The van der Waals surface area contributed by atoms with E-state index in [0.717, 1.165) is 5.56 Å². The van der Waals surface area contributed by atoms with Crippen LogP contribution in [0.5, 0.6) is 0 Å². The highest BCUT2D eigenvalue weighted by atomic mass is 35.5. The van der Waals surface area contributed by atoms with Crippen molar-refractivity contribution in [2.45, 2.75) is 19.4 Å². The van der Waals surface area contributed by atoms with E-state index in [2.05, 4.69) is 5.32 Å². The van der Waals surface area contributed by atoms with Gasteiger partial charge in [0.2, 0.25) is 0 Å². The molecule has 0 aromatic heterocycles. The van der Waals surface area contributed by atoms with Gasteiger partial charge in [0.15, 0.2) is 0 Å². The number of nitrogens with one attached hydrogen (secondary N) is 1. The van der Waals surface area contributed by atoms with E-state index >= 15 is 0 Å². The molecule has 0 unspecified atom stereocenters. The predicted octanol–water partition coefficient (Wildman–Crippen LogP) is 1.31. The summed E-state index contributed by atoms with van der Waals surface area (Å²) in [7, 11) is 0. The van der Waals surface area contributed by atoms with Crippen molar-refractivity contribution in [2.24, 2.45) is 0 Å². The summed E-state index contributed by atoms with van der Waals surface area (Å²) >= 11 is 5.87. The molecule has 19 heavy (non-hydrogen) atoms. The summed E-state index contributed by atoms with van der Waals surface area (Å²) in [5.74, 6) is -3.46. The Morgan fingerprint density at radius 3 is 2.42 bits per heavy atom. The SMILES string of the molecule is Cc1ccc(C(=O)N[C@@H](CC(=O)O)C(=O)O)c(Cl)c1. The normalized spacial score (nSPS) is 11.7. The monoisotopic (exact) mass is 285 g/mol. The van der Waals surface area contributed by atoms with Crippen LogP contribution < -0.4 is 5.32 Å². The van der Waals surface area contributed by atoms with Gasteiger partial charge in [0.05, 0.1) is 17.0 Å². The summed E-state index contributed by atoms with van der Waals surface area (Å²) in [5, 5.41) is 19.7. The third-order valence-electron chi connectivity index (χ3n) is 2.35. The van der Waals surface area contributed by atoms with E-state index in [-0.39, 0.29) is 10.6 Å². The Balaban J connectivity index is 2.87. The van der Waals surface area contributed by atoms with E-state index in [4.69, 9.17) is 21.8 Å². The number of aliphatic carboxylic acids is 2. The van der Waals surface area contributed by atoms with Crippen molar-refractivity contribution in [3.8, 4) is 0 Å². The summed E-state index contributed by atoms with van der Waals surface area (Å²) in [5.41, 5.74) is 0.950. The van der Waals surface area contributed by atoms with Crippen molar-refractivity contribution in [1.29, 1.82) is 0 Å². The van der Waals surface area contributed by atoms with Crippen molar-refractivity contribution in [3.05, 3.63) is 34.3 Å². The van der Waals surface area contributed by atoms with Gasteiger partial charge in [-0.3, -0.25) is 9.59 Å². The van der Waals surface area contributed by atoms with Crippen LogP contribution in [-0.4, -0.2) is 34.1 Å². The summed E-state index contributed by atoms with van der Waals surface area (Å²) < 4.78 is 0. The van der Waals surface area contributed by atoms with E-state index in [9.17, 15) is 14.4 Å². The molecule has 0 fully saturated rings. The van der Waals surface area contributed by atoms with E-state index in [0.29, 0.717) is 0 Å². The number of halogens is 1. The molecule has 1 amide bonds. The summed E-state index contributed by atoms with van der Waals surface area (Å²) in [6.45, 7) is 1.79. The molecule has 0 saturated carbocycles. The Labute approximate surface area is 114 Å². The van der Waals surface area contributed by atoms with Gasteiger partial charge in [0.1, 0.15) is 6.04 Å². The molecular weight excluding hydrogens is 274 g/mol. The maximum atomic E-state index is 11.8. The number of hydrogen-bond acceptors (Lipinski definition) is 3. The molecule has 0 heterocycles. The van der Waals surface area contributed by atoms with Crippen LogP contribution in [-0.2, 0) is 9.59 Å². The standard InChI is InChI=1S/C12H12ClNO5/c1-6-2-3-7(8(13)4-6)11(17)14-9(12(18)19)5-10(15)16/h2-4,9H,5H2,1H3,(H,14,17)(H,15,16)(H,18,19)/t9-/m0/s1. The molecule has 0 aliphatic carbocycles. The number of benzene rings is 1. The second kappa shape index (κ2) is 6.19. The van der Waals surface area contributed by atoms with Crippen LogP contribution >= 0.6 is 11.6 Å². The van der Waals surface area contributed by atoms with E-state index in [1.165, 1.54) is 6.07 Å². The Morgan fingerprint density at radius 1 is 1.32 bits per heavy atom. The highest BCUT2D eigenvalue weighted by molar-refractivity contribution is 6.34. The van der Waals surface area contributed by atoms with Crippen molar-refractivity contribution < 1.29 is 24.6 Å². The second-order valence-corrected chi connectivity index (χ2v) is 4.35. The van der Waals surface area contributed by atoms with Crippen LogP contribution in [0.1, 0.15) is 22.3 Å². The van der Waals surface area contributed by atoms with E-state index < -0.39 is 30.3 Å². The molecule has 0 aliphatic rings. The fourth-order valence-corrected chi connectivity index (χ4v) is 1.74. The average Bonchev–Trinajstić information content (AvgIpc) is 2.26. The van der Waals surface area contributed by atoms with Gasteiger partial charge in [-0.25, -0.2) is 4.79 Å². The zero-order chi connectivity index (χ0) is 14.6. The molecule has 1 atom stereocenters. The third kappa shape index (κ3) is 4.26. The number of aryl methyl sites for hydroxylation is 1. The largest absolute Gasteiger partial charge is 0.481 e. The molecule has 0 saturated heterocycles. The van der Waals surface area contributed by atoms with Crippen LogP contribution in [0.15, 0.2) is 18.2 Å². The maximum Gasteiger partial charge on any atom is 0.326 e. The molecule has 3 N–H and O–H groups in total. The molecule has 0 bridgehead atoms. The van der Waals surface area contributed by atoms with Crippen molar-refractivity contribution >= 4 is 29.4 Å². The molecule has 0 radical (unpaired) electrons. The van der Waals surface area contributed by atoms with E-state index in [1.54, 1.807) is 19.1 Å². The molecule has 0 spiro atoms. The van der Waals surface area contributed by atoms with Gasteiger partial charge >= 0.3 is 11.9 Å². The number of amides is 1. The lowest BCUT2D eigenvalue weighted by Gasteiger charge is -2.13. The van der Waals surface area contributed by atoms with Gasteiger partial charge < -0.3 is 15.5 Å². The minimum atomic E-state index is -1.50. The maximum absolute atomic E-state index is 11.8. The lowest BCUT2D eigenvalue weighted by Crippen LogP contribution is -2.42. The molecule has 102 valence electrons. The van der Waals surface area contributed by atoms with Crippen LogP contribution in [0.2, 0.25) is 5.02 Å². The van der Waals surface area contributed by atoms with Crippen LogP contribution in [0.3, 0.4) is 0 Å². The number of carbonyl (C=O) groups is 3. The lowest BCUT2D eigenvalue weighted by molar-refractivity contribution is -0.145. The van der Waals surface area contributed by atoms with Gasteiger partial charge in [-0.15, -0.1) is 0 Å². The van der Waals surface area contributed by atoms with Crippen LogP contribution in [0, 0.1) is 6.92 Å². The third-order valence-corrected chi connectivity index (χ3v) is 2.66. The first-order valence-corrected chi connectivity index (χ1v) is 5.70. The number of hydrogen-bond donors (Lipinski definition) is 3. The number of carboxylic acids is 2. The Kier molecular flexibility index (Phi) is 4.88. The molecule has 1 rings (SSSR count). The molecule has 1 aromatic carbocycles. The molecular formula is C12H12ClNO5. The highest BCUT2D eigenvalue weighted by Crippen LogP contribution is 2.17. The minimum absolute atomic E-state index is 0.101. The molecule has 6 nitrogen and oxygen atoms in total. The Hall–Kier alpha value is -2.08. The van der Waals surface area contributed by atoms with Gasteiger partial charge in [0.25, 0.3) is 5.91 Å². The fourth-order valence-electron chi connectivity index (χ4n) is 1.41. The van der Waals surface area contributed by atoms with Gasteiger partial charge in [-0.2, -0.15) is 0 Å². The zero-order valence-corrected chi connectivity index (χ0v) is 10.8. The first-order valence-electron chi connectivity index (χ1n) is 5.33. The second-order valence-electron chi connectivity index (χ2n) is 3.95. The van der Waals surface area contributed by atoms with Crippen molar-refractivity contribution in [1.82, 2.24) is 5.32 Å². The topological polar surface area (TPSA) is 104 Å². The quantitative estimate of drug-likeness (QED) is 0.756. The lowest BCUT2D eigenvalue weighted by atomic mass is 10.1. The van der Waals surface area contributed by atoms with Crippen LogP contribution in [0.4, 0.5) is 0 Å². The Bertz CT molecular complexity index is 529. The van der Waals surface area contributed by atoms with Gasteiger partial charge in [-0.1, -0.05) is 17.7 Å². The highest BCUT2D eigenvalue weighted by Gasteiger charge is 2.24. The summed E-state index contributed by atoms with van der Waals surface area (Å²) in [4.78, 5) is 33.2. The minimum Gasteiger partial charge on any atom is -0.481 e. The molecule has 0 aliphatic heterocycles. The first-order chi connectivity index (χ1) is 8.81. The Morgan fingerprint density at radius 2 is 1.95 bits per heavy atom. The fraction of sp³-hybridized carbons (Fsp3) is 0.250. The number of carboxylic acid groups (broad SMARTS) is 2. The van der Waals surface area contributed by atoms with Crippen molar-refractivity contribution in [2.75, 3.05) is 0 Å². The van der Waals surface area contributed by atoms with Crippen LogP contribution in [0.25, 0.3) is 0 Å².